The summed E-state index contributed by atoms with van der Waals surface area (Å²) >= 11 is 5.74. The fraction of sp³-hybridized carbons (Fsp3) is 0.409. The van der Waals surface area contributed by atoms with Crippen molar-refractivity contribution in [2.75, 3.05) is 18.3 Å². The van der Waals surface area contributed by atoms with E-state index in [-0.39, 0.29) is 12.7 Å². The lowest BCUT2D eigenvalue weighted by Gasteiger charge is -2.22. The van der Waals surface area contributed by atoms with Gasteiger partial charge in [0.15, 0.2) is 11.5 Å². The van der Waals surface area contributed by atoms with E-state index in [0.717, 1.165) is 47.2 Å². The van der Waals surface area contributed by atoms with Gasteiger partial charge in [0.05, 0.1) is 26.1 Å². The number of anilines is 1. The van der Waals surface area contributed by atoms with Crippen molar-refractivity contribution < 1.29 is 22.1 Å². The van der Waals surface area contributed by atoms with Gasteiger partial charge >= 0.3 is 0 Å². The molecule has 2 aliphatic rings. The van der Waals surface area contributed by atoms with Gasteiger partial charge in [-0.05, 0) is 55.0 Å². The van der Waals surface area contributed by atoms with Crippen molar-refractivity contribution in [1.82, 2.24) is 0 Å². The van der Waals surface area contributed by atoms with Crippen LogP contribution < -0.4 is 14.4 Å². The average molecular weight is 448 g/mol. The SMILES string of the molecule is COc1ccc(N2Cc3ccc(COS(C)(=O)=O)cc3C2=S)cc1OC1CCCC1. The zero-order chi connectivity index (χ0) is 21.3. The number of rotatable bonds is 7. The fourth-order valence-electron chi connectivity index (χ4n) is 3.93. The molecule has 30 heavy (non-hydrogen) atoms. The Morgan fingerprint density at radius 2 is 1.87 bits per heavy atom. The van der Waals surface area contributed by atoms with Gasteiger partial charge in [-0.3, -0.25) is 4.18 Å². The quantitative estimate of drug-likeness (QED) is 0.466. The first-order chi connectivity index (χ1) is 14.3. The van der Waals surface area contributed by atoms with E-state index >= 15 is 0 Å². The average Bonchev–Trinajstić information content (AvgIpc) is 3.34. The number of nitrogens with zero attached hydrogens (tertiary/aromatic N) is 1. The van der Waals surface area contributed by atoms with Crippen LogP contribution in [-0.2, 0) is 27.5 Å². The first kappa shape index (κ1) is 21.1. The Balaban J connectivity index is 1.56. The van der Waals surface area contributed by atoms with Crippen LogP contribution in [0.25, 0.3) is 0 Å². The summed E-state index contributed by atoms with van der Waals surface area (Å²) in [5, 5.41) is 0. The zero-order valence-electron chi connectivity index (χ0n) is 17.1. The van der Waals surface area contributed by atoms with Gasteiger partial charge in [0.2, 0.25) is 0 Å². The summed E-state index contributed by atoms with van der Waals surface area (Å²) in [5.74, 6) is 1.45. The molecule has 0 radical (unpaired) electrons. The predicted octanol–water partition coefficient (Wildman–Crippen LogP) is 4.19. The van der Waals surface area contributed by atoms with E-state index in [2.05, 4.69) is 4.90 Å². The van der Waals surface area contributed by atoms with Crippen LogP contribution in [-0.4, -0.2) is 32.9 Å². The molecule has 1 aliphatic heterocycles. The molecule has 0 atom stereocenters. The third-order valence-corrected chi connectivity index (χ3v) is 6.46. The highest BCUT2D eigenvalue weighted by molar-refractivity contribution is 7.85. The van der Waals surface area contributed by atoms with Gasteiger partial charge in [-0.15, -0.1) is 0 Å². The fourth-order valence-corrected chi connectivity index (χ4v) is 4.64. The smallest absolute Gasteiger partial charge is 0.264 e. The van der Waals surface area contributed by atoms with Crippen molar-refractivity contribution in [3.05, 3.63) is 53.1 Å². The summed E-state index contributed by atoms with van der Waals surface area (Å²) in [7, 11) is -1.85. The molecule has 0 unspecified atom stereocenters. The molecule has 1 aliphatic carbocycles. The van der Waals surface area contributed by atoms with Crippen LogP contribution in [0, 0.1) is 0 Å². The largest absolute Gasteiger partial charge is 0.493 e. The number of ether oxygens (including phenoxy) is 2. The lowest BCUT2D eigenvalue weighted by atomic mass is 10.1. The molecule has 4 rings (SSSR count). The van der Waals surface area contributed by atoms with Crippen LogP contribution >= 0.6 is 12.2 Å². The summed E-state index contributed by atoms with van der Waals surface area (Å²) < 4.78 is 39.2. The van der Waals surface area contributed by atoms with E-state index in [1.807, 2.05) is 36.4 Å². The van der Waals surface area contributed by atoms with Crippen molar-refractivity contribution in [2.45, 2.75) is 44.9 Å². The molecule has 0 bridgehead atoms. The second kappa shape index (κ2) is 8.53. The molecule has 0 amide bonds. The van der Waals surface area contributed by atoms with Crippen molar-refractivity contribution in [3.8, 4) is 11.5 Å². The second-order valence-corrected chi connectivity index (χ2v) is 9.74. The standard InChI is InChI=1S/C22H25NO5S2/c1-26-20-10-9-17(12-21(20)28-18-5-3-4-6-18)23-13-16-8-7-15(11-19(16)22(23)29)14-27-30(2,24)25/h7-12,18H,3-6,13-14H2,1-2H3. The number of hydrogen-bond acceptors (Lipinski definition) is 6. The van der Waals surface area contributed by atoms with Gasteiger partial charge in [0.1, 0.15) is 4.99 Å². The Kier molecular flexibility index (Phi) is 5.99. The third kappa shape index (κ3) is 4.61. The van der Waals surface area contributed by atoms with Crippen molar-refractivity contribution >= 4 is 33.0 Å². The Bertz CT molecular complexity index is 1060. The normalized spacial score (nSPS) is 16.7. The lowest BCUT2D eigenvalue weighted by molar-refractivity contribution is 0.201. The van der Waals surface area contributed by atoms with Gasteiger partial charge in [-0.25, -0.2) is 0 Å². The Morgan fingerprint density at radius 3 is 2.57 bits per heavy atom. The van der Waals surface area contributed by atoms with Crippen LogP contribution in [0.2, 0.25) is 0 Å². The minimum Gasteiger partial charge on any atom is -0.493 e. The van der Waals surface area contributed by atoms with Crippen molar-refractivity contribution in [3.63, 3.8) is 0 Å². The number of methoxy groups -OCH3 is 1. The highest BCUT2D eigenvalue weighted by atomic mass is 32.2. The van der Waals surface area contributed by atoms with E-state index in [1.54, 1.807) is 7.11 Å². The highest BCUT2D eigenvalue weighted by Gasteiger charge is 2.27. The van der Waals surface area contributed by atoms with Crippen LogP contribution in [0.15, 0.2) is 36.4 Å². The Hall–Kier alpha value is -2.16. The van der Waals surface area contributed by atoms with E-state index in [1.165, 1.54) is 12.8 Å². The molecule has 2 aromatic carbocycles. The van der Waals surface area contributed by atoms with E-state index in [4.69, 9.17) is 25.9 Å². The van der Waals surface area contributed by atoms with E-state index in [9.17, 15) is 8.42 Å². The third-order valence-electron chi connectivity index (χ3n) is 5.47. The molecule has 8 heteroatoms. The van der Waals surface area contributed by atoms with Gasteiger partial charge < -0.3 is 14.4 Å². The molecule has 1 heterocycles. The lowest BCUT2D eigenvalue weighted by Crippen LogP contribution is -2.22. The van der Waals surface area contributed by atoms with E-state index in [0.29, 0.717) is 17.3 Å². The second-order valence-electron chi connectivity index (χ2n) is 7.71. The number of hydrogen-bond donors (Lipinski definition) is 0. The van der Waals surface area contributed by atoms with Crippen LogP contribution in [0.5, 0.6) is 11.5 Å². The summed E-state index contributed by atoms with van der Waals surface area (Å²) in [6, 6.07) is 11.6. The minimum atomic E-state index is -3.49. The maximum Gasteiger partial charge on any atom is 0.264 e. The Morgan fingerprint density at radius 1 is 1.10 bits per heavy atom. The first-order valence-corrected chi connectivity index (χ1v) is 12.2. The molecule has 0 spiro atoms. The summed E-state index contributed by atoms with van der Waals surface area (Å²) in [6.45, 7) is 0.646. The van der Waals surface area contributed by atoms with Gasteiger partial charge in [-0.2, -0.15) is 8.42 Å². The Labute approximate surface area is 182 Å². The molecule has 2 aromatic rings. The maximum absolute atomic E-state index is 11.3. The number of benzene rings is 2. The number of thiocarbonyl (C=S) groups is 1. The van der Waals surface area contributed by atoms with Crippen LogP contribution in [0.4, 0.5) is 5.69 Å². The monoisotopic (exact) mass is 447 g/mol. The predicted molar refractivity (Wildman–Crippen MR) is 120 cm³/mol. The number of fused-ring (bicyclic) bond motifs is 1. The van der Waals surface area contributed by atoms with Crippen molar-refractivity contribution in [2.24, 2.45) is 0 Å². The molecular weight excluding hydrogens is 422 g/mol. The zero-order valence-corrected chi connectivity index (χ0v) is 18.7. The molecule has 0 N–H and O–H groups in total. The molecular formula is C22H25NO5S2. The summed E-state index contributed by atoms with van der Waals surface area (Å²) in [4.78, 5) is 2.76. The summed E-state index contributed by atoms with van der Waals surface area (Å²) in [6.07, 6.45) is 5.81. The minimum absolute atomic E-state index is 0.00333. The molecule has 0 aromatic heterocycles. The molecule has 0 saturated heterocycles. The van der Waals surface area contributed by atoms with Crippen LogP contribution in [0.3, 0.4) is 0 Å². The van der Waals surface area contributed by atoms with Crippen molar-refractivity contribution in [1.29, 1.82) is 0 Å². The maximum atomic E-state index is 11.3. The molecule has 1 fully saturated rings. The molecule has 6 nitrogen and oxygen atoms in total. The highest BCUT2D eigenvalue weighted by Crippen LogP contribution is 2.38. The first-order valence-electron chi connectivity index (χ1n) is 9.97. The van der Waals surface area contributed by atoms with Gasteiger partial charge in [0.25, 0.3) is 10.1 Å². The summed E-state index contributed by atoms with van der Waals surface area (Å²) in [5.41, 5.74) is 3.73. The van der Waals surface area contributed by atoms with E-state index < -0.39 is 10.1 Å². The van der Waals surface area contributed by atoms with Crippen LogP contribution in [0.1, 0.15) is 42.4 Å². The molecule has 1 saturated carbocycles. The van der Waals surface area contributed by atoms with Gasteiger partial charge in [0, 0.05) is 23.9 Å². The topological polar surface area (TPSA) is 65.1 Å². The van der Waals surface area contributed by atoms with Gasteiger partial charge in [-0.1, -0.05) is 24.4 Å². The molecule has 160 valence electrons.